The summed E-state index contributed by atoms with van der Waals surface area (Å²) < 4.78 is 43.1. The van der Waals surface area contributed by atoms with Gasteiger partial charge in [-0.1, -0.05) is 18.2 Å². The molecule has 5 aromatic rings. The first-order chi connectivity index (χ1) is 18.3. The van der Waals surface area contributed by atoms with Gasteiger partial charge in [-0.15, -0.1) is 0 Å². The summed E-state index contributed by atoms with van der Waals surface area (Å²) in [5.41, 5.74) is 1.81. The third-order valence-electron chi connectivity index (χ3n) is 6.94. The lowest BCUT2D eigenvalue weighted by Gasteiger charge is -2.20. The fourth-order valence-electron chi connectivity index (χ4n) is 5.14. The molecule has 0 radical (unpaired) electrons. The number of fused-ring (bicyclic) bond motifs is 3. The van der Waals surface area contributed by atoms with Crippen molar-refractivity contribution in [2.24, 2.45) is 0 Å². The molecule has 38 heavy (non-hydrogen) atoms. The summed E-state index contributed by atoms with van der Waals surface area (Å²) in [4.78, 5) is 23.9. The van der Waals surface area contributed by atoms with E-state index >= 15 is 0 Å². The minimum absolute atomic E-state index is 0.142. The molecule has 0 bridgehead atoms. The number of hydrogen-bond donors (Lipinski definition) is 1. The van der Waals surface area contributed by atoms with Crippen LogP contribution in [0.1, 0.15) is 41.7 Å². The van der Waals surface area contributed by atoms with E-state index in [1.807, 2.05) is 4.57 Å². The first-order valence-corrected chi connectivity index (χ1v) is 13.6. The van der Waals surface area contributed by atoms with E-state index in [0.717, 1.165) is 3.97 Å². The van der Waals surface area contributed by atoms with Gasteiger partial charge in [-0.2, -0.15) is 0 Å². The molecular weight excluding hydrogens is 509 g/mol. The molecule has 1 amide bonds. The van der Waals surface area contributed by atoms with E-state index in [9.17, 15) is 22.7 Å². The van der Waals surface area contributed by atoms with Crippen molar-refractivity contribution in [1.82, 2.24) is 23.4 Å². The number of aromatic nitrogens is 4. The number of aliphatic hydroxyl groups is 1. The summed E-state index contributed by atoms with van der Waals surface area (Å²) in [6, 6.07) is 15.0. The Labute approximate surface area is 217 Å². The van der Waals surface area contributed by atoms with Crippen molar-refractivity contribution in [3.05, 3.63) is 90.3 Å². The second-order valence-electron chi connectivity index (χ2n) is 9.38. The number of benzene rings is 2. The monoisotopic (exact) mass is 533 g/mol. The summed E-state index contributed by atoms with van der Waals surface area (Å²) in [5.74, 6) is -0.206. The molecule has 0 aliphatic carbocycles. The lowest BCUT2D eigenvalue weighted by molar-refractivity contribution is 0.0787. The van der Waals surface area contributed by atoms with Crippen molar-refractivity contribution in [3.8, 4) is 0 Å². The van der Waals surface area contributed by atoms with E-state index in [1.165, 1.54) is 48.8 Å². The van der Waals surface area contributed by atoms with Crippen LogP contribution in [-0.2, 0) is 10.0 Å². The van der Waals surface area contributed by atoms with Gasteiger partial charge in [0.05, 0.1) is 22.7 Å². The molecule has 4 heterocycles. The minimum atomic E-state index is -3.89. The maximum atomic E-state index is 13.4. The van der Waals surface area contributed by atoms with Crippen molar-refractivity contribution < 1.29 is 22.7 Å². The van der Waals surface area contributed by atoms with Crippen LogP contribution in [0.2, 0.25) is 0 Å². The number of imidazole rings is 1. The van der Waals surface area contributed by atoms with E-state index < -0.39 is 21.9 Å². The zero-order chi connectivity index (χ0) is 26.6. The number of pyridine rings is 1. The predicted octanol–water partition coefficient (Wildman–Crippen LogP) is 3.90. The fraction of sp³-hybridized carbons (Fsp3) is 0.222. The molecule has 6 rings (SSSR count). The summed E-state index contributed by atoms with van der Waals surface area (Å²) in [6.07, 6.45) is 2.67. The topological polar surface area (TPSA) is 110 Å². The first-order valence-electron chi connectivity index (χ1n) is 12.2. The van der Waals surface area contributed by atoms with Gasteiger partial charge in [0.1, 0.15) is 23.3 Å². The molecule has 1 aliphatic rings. The quantitative estimate of drug-likeness (QED) is 0.367. The Kier molecular flexibility index (Phi) is 5.77. The highest BCUT2D eigenvalue weighted by molar-refractivity contribution is 7.90. The number of hydrogen-bond acceptors (Lipinski definition) is 6. The molecule has 1 unspecified atom stereocenters. The van der Waals surface area contributed by atoms with Gasteiger partial charge in [0.15, 0.2) is 5.65 Å². The standard InChI is InChI=1S/C27H24FN5O4S/c1-17(34)25-30-23-15-29-26-22(12-14-32(26)38(36,37)21-5-3-2-4-6-21)24(23)33(25)20-11-13-31(16-20)27(35)18-7-9-19(28)10-8-18/h2-10,12,14-15,17,20,34H,11,13,16H2,1H3/t17-,20?/m1/s1. The second-order valence-corrected chi connectivity index (χ2v) is 11.2. The zero-order valence-electron chi connectivity index (χ0n) is 20.4. The van der Waals surface area contributed by atoms with Crippen LogP contribution in [0.4, 0.5) is 4.39 Å². The number of nitrogens with zero attached hydrogens (tertiary/aromatic N) is 5. The highest BCUT2D eigenvalue weighted by Crippen LogP contribution is 2.35. The minimum Gasteiger partial charge on any atom is -0.385 e. The molecule has 194 valence electrons. The highest BCUT2D eigenvalue weighted by atomic mass is 32.2. The number of carbonyl (C=O) groups excluding carboxylic acids is 1. The number of rotatable bonds is 5. The van der Waals surface area contributed by atoms with Gasteiger partial charge >= 0.3 is 0 Å². The second kappa shape index (κ2) is 9.03. The maximum Gasteiger partial charge on any atom is 0.269 e. The molecule has 0 saturated carbocycles. The van der Waals surface area contributed by atoms with Gasteiger partial charge in [0.2, 0.25) is 0 Å². The van der Waals surface area contributed by atoms with Crippen LogP contribution in [0.3, 0.4) is 0 Å². The average molecular weight is 534 g/mol. The molecule has 0 spiro atoms. The third-order valence-corrected chi connectivity index (χ3v) is 8.62. The van der Waals surface area contributed by atoms with E-state index in [0.29, 0.717) is 47.3 Å². The van der Waals surface area contributed by atoms with Crippen molar-refractivity contribution >= 4 is 38.0 Å². The van der Waals surface area contributed by atoms with Gasteiger partial charge in [0.25, 0.3) is 15.9 Å². The Balaban J connectivity index is 1.44. The molecule has 1 saturated heterocycles. The Bertz CT molecular complexity index is 1780. The van der Waals surface area contributed by atoms with Crippen molar-refractivity contribution in [3.63, 3.8) is 0 Å². The number of carbonyl (C=O) groups is 1. The van der Waals surface area contributed by atoms with Crippen LogP contribution in [0.15, 0.2) is 78.0 Å². The van der Waals surface area contributed by atoms with E-state index in [1.54, 1.807) is 36.1 Å². The van der Waals surface area contributed by atoms with Crippen molar-refractivity contribution in [2.75, 3.05) is 13.1 Å². The van der Waals surface area contributed by atoms with Crippen LogP contribution >= 0.6 is 0 Å². The normalized spacial score (nSPS) is 16.9. The van der Waals surface area contributed by atoms with Gasteiger partial charge in [-0.3, -0.25) is 4.79 Å². The number of aliphatic hydroxyl groups excluding tert-OH is 1. The molecule has 2 atom stereocenters. The average Bonchev–Trinajstić information content (AvgIpc) is 3.65. The molecule has 1 fully saturated rings. The van der Waals surface area contributed by atoms with Crippen LogP contribution in [0, 0.1) is 5.82 Å². The highest BCUT2D eigenvalue weighted by Gasteiger charge is 2.33. The number of likely N-dealkylation sites (tertiary alicyclic amines) is 1. The van der Waals surface area contributed by atoms with Gasteiger partial charge < -0.3 is 14.6 Å². The van der Waals surface area contributed by atoms with Crippen molar-refractivity contribution in [2.45, 2.75) is 30.4 Å². The lowest BCUT2D eigenvalue weighted by atomic mass is 10.2. The Morgan fingerprint density at radius 1 is 1.11 bits per heavy atom. The molecular formula is C27H24FN5O4S. The number of amides is 1. The first kappa shape index (κ1) is 24.3. The molecule has 9 nitrogen and oxygen atoms in total. The summed E-state index contributed by atoms with van der Waals surface area (Å²) >= 11 is 0. The lowest BCUT2D eigenvalue weighted by Crippen LogP contribution is -2.29. The summed E-state index contributed by atoms with van der Waals surface area (Å²) in [5, 5.41) is 11.2. The molecule has 1 N–H and O–H groups in total. The van der Waals surface area contributed by atoms with E-state index in [4.69, 9.17) is 0 Å². The van der Waals surface area contributed by atoms with Gasteiger partial charge in [0, 0.05) is 30.2 Å². The van der Waals surface area contributed by atoms with E-state index in [2.05, 4.69) is 9.97 Å². The molecule has 3 aromatic heterocycles. The smallest absolute Gasteiger partial charge is 0.269 e. The fourth-order valence-corrected chi connectivity index (χ4v) is 6.46. The molecule has 11 heteroatoms. The van der Waals surface area contributed by atoms with Gasteiger partial charge in [-0.05, 0) is 55.8 Å². The zero-order valence-corrected chi connectivity index (χ0v) is 21.2. The van der Waals surface area contributed by atoms with Crippen LogP contribution in [0.5, 0.6) is 0 Å². The Hall–Kier alpha value is -4.09. The Morgan fingerprint density at radius 2 is 1.84 bits per heavy atom. The van der Waals surface area contributed by atoms with Crippen LogP contribution < -0.4 is 0 Å². The van der Waals surface area contributed by atoms with Gasteiger partial charge in [-0.25, -0.2) is 26.7 Å². The van der Waals surface area contributed by atoms with Crippen molar-refractivity contribution in [1.29, 1.82) is 0 Å². The summed E-state index contributed by atoms with van der Waals surface area (Å²) in [7, 11) is -3.89. The van der Waals surface area contributed by atoms with Crippen LogP contribution in [0.25, 0.3) is 22.1 Å². The van der Waals surface area contributed by atoms with E-state index in [-0.39, 0.29) is 22.5 Å². The number of halogens is 1. The maximum absolute atomic E-state index is 13.4. The van der Waals surface area contributed by atoms with Crippen LogP contribution in [-0.4, -0.2) is 55.9 Å². The largest absolute Gasteiger partial charge is 0.385 e. The predicted molar refractivity (Wildman–Crippen MR) is 139 cm³/mol. The SMILES string of the molecule is C[C@@H](O)c1nc2cnc3c(ccn3S(=O)(=O)c3ccccc3)c2n1C1CCN(C(=O)c2ccc(F)cc2)C1. The third kappa shape index (κ3) is 3.86. The Morgan fingerprint density at radius 3 is 2.55 bits per heavy atom. The molecule has 1 aliphatic heterocycles. The summed E-state index contributed by atoms with van der Waals surface area (Å²) in [6.45, 7) is 2.44. The molecule has 2 aromatic carbocycles.